The monoisotopic (exact) mass is 285 g/mol. The number of nitrogens with two attached hydrogens (primary N) is 1. The van der Waals surface area contributed by atoms with Crippen molar-refractivity contribution in [2.75, 3.05) is 19.0 Å². The number of aliphatic hydroxyl groups excluding tert-OH is 2. The largest absolute Gasteiger partial charge is 0.394 e. The fourth-order valence-electron chi connectivity index (χ4n) is 1.77. The van der Waals surface area contributed by atoms with Gasteiger partial charge in [0.05, 0.1) is 19.0 Å². The molecule has 0 aliphatic rings. The first-order valence-corrected chi connectivity index (χ1v) is 6.01. The van der Waals surface area contributed by atoms with E-state index in [-0.39, 0.29) is 5.82 Å². The third kappa shape index (κ3) is 2.69. The van der Waals surface area contributed by atoms with Gasteiger partial charge in [0.15, 0.2) is 17.7 Å². The van der Waals surface area contributed by atoms with Gasteiger partial charge in [-0.15, -0.1) is 0 Å². The standard InChI is InChI=1S/C11H16FN5O3/c1-6(19)7(3-18)20-8(2-12)17-5-16-9-10(13)14-4-15-11(9)17/h4-8,18-19H,2-3H2,1H3,(H2,13,14,15)/t6-,7+,8+/m0/s1. The Bertz CT molecular complexity index is 576. The lowest BCUT2D eigenvalue weighted by Crippen LogP contribution is -2.33. The van der Waals surface area contributed by atoms with Crippen molar-refractivity contribution >= 4 is 17.0 Å². The average Bonchev–Trinajstić information content (AvgIpc) is 2.85. The lowest BCUT2D eigenvalue weighted by Gasteiger charge is -2.24. The summed E-state index contributed by atoms with van der Waals surface area (Å²) in [5, 5.41) is 18.6. The second-order valence-corrected chi connectivity index (χ2v) is 4.29. The number of ether oxygens (including phenoxy) is 1. The molecule has 2 aromatic rings. The van der Waals surface area contributed by atoms with Crippen molar-refractivity contribution in [3.05, 3.63) is 12.7 Å². The van der Waals surface area contributed by atoms with Crippen LogP contribution >= 0.6 is 0 Å². The van der Waals surface area contributed by atoms with Crippen molar-refractivity contribution in [1.82, 2.24) is 19.5 Å². The first-order valence-electron chi connectivity index (χ1n) is 6.01. The molecule has 0 radical (unpaired) electrons. The molecule has 0 aliphatic carbocycles. The molecule has 0 spiro atoms. The van der Waals surface area contributed by atoms with E-state index in [0.29, 0.717) is 11.2 Å². The zero-order chi connectivity index (χ0) is 14.7. The molecule has 0 aliphatic heterocycles. The Labute approximate surface area is 114 Å². The summed E-state index contributed by atoms with van der Waals surface area (Å²) in [7, 11) is 0. The van der Waals surface area contributed by atoms with Crippen LogP contribution in [-0.4, -0.2) is 55.2 Å². The highest BCUT2D eigenvalue weighted by Gasteiger charge is 2.23. The topological polar surface area (TPSA) is 119 Å². The molecule has 0 saturated carbocycles. The van der Waals surface area contributed by atoms with Crippen molar-refractivity contribution in [3.63, 3.8) is 0 Å². The van der Waals surface area contributed by atoms with E-state index in [1.165, 1.54) is 24.1 Å². The molecule has 0 saturated heterocycles. The highest BCUT2D eigenvalue weighted by molar-refractivity contribution is 5.81. The molecule has 2 rings (SSSR count). The van der Waals surface area contributed by atoms with E-state index in [4.69, 9.17) is 15.6 Å². The molecule has 0 aromatic carbocycles. The van der Waals surface area contributed by atoms with E-state index in [9.17, 15) is 9.50 Å². The van der Waals surface area contributed by atoms with Gasteiger partial charge in [0.2, 0.25) is 0 Å². The zero-order valence-corrected chi connectivity index (χ0v) is 10.8. The second kappa shape index (κ2) is 6.07. The van der Waals surface area contributed by atoms with Crippen LogP contribution in [0.3, 0.4) is 0 Å². The van der Waals surface area contributed by atoms with Gasteiger partial charge in [-0.05, 0) is 6.92 Å². The van der Waals surface area contributed by atoms with Gasteiger partial charge in [0, 0.05) is 0 Å². The third-order valence-electron chi connectivity index (χ3n) is 2.88. The molecule has 0 fully saturated rings. The molecule has 8 nitrogen and oxygen atoms in total. The number of hydrogen-bond acceptors (Lipinski definition) is 7. The van der Waals surface area contributed by atoms with E-state index in [1.807, 2.05) is 0 Å². The van der Waals surface area contributed by atoms with Gasteiger partial charge >= 0.3 is 0 Å². The minimum atomic E-state index is -1.07. The lowest BCUT2D eigenvalue weighted by molar-refractivity contribution is -0.123. The van der Waals surface area contributed by atoms with Crippen LogP contribution in [0, 0.1) is 0 Å². The predicted molar refractivity (Wildman–Crippen MR) is 68.4 cm³/mol. The number of anilines is 1. The molecular weight excluding hydrogens is 269 g/mol. The van der Waals surface area contributed by atoms with Gasteiger partial charge in [-0.3, -0.25) is 4.57 Å². The van der Waals surface area contributed by atoms with Crippen LogP contribution in [0.25, 0.3) is 11.2 Å². The Kier molecular flexibility index (Phi) is 4.42. The normalized spacial score (nSPS) is 16.2. The summed E-state index contributed by atoms with van der Waals surface area (Å²) in [6.07, 6.45) is -0.350. The summed E-state index contributed by atoms with van der Waals surface area (Å²) in [5.74, 6) is 0.181. The van der Waals surface area contributed by atoms with Gasteiger partial charge in [0.25, 0.3) is 0 Å². The van der Waals surface area contributed by atoms with Crippen molar-refractivity contribution < 1.29 is 19.3 Å². The summed E-state index contributed by atoms with van der Waals surface area (Å²) >= 11 is 0. The number of hydrogen-bond donors (Lipinski definition) is 3. The number of aliphatic hydroxyl groups is 2. The van der Waals surface area contributed by atoms with Crippen LogP contribution in [0.15, 0.2) is 12.7 Å². The third-order valence-corrected chi connectivity index (χ3v) is 2.88. The minimum absolute atomic E-state index is 0.181. The number of fused-ring (bicyclic) bond motifs is 1. The van der Waals surface area contributed by atoms with E-state index < -0.39 is 31.7 Å². The molecule has 9 heteroatoms. The maximum atomic E-state index is 13.2. The fraction of sp³-hybridized carbons (Fsp3) is 0.545. The molecule has 110 valence electrons. The average molecular weight is 285 g/mol. The first-order chi connectivity index (χ1) is 9.58. The number of rotatable bonds is 6. The van der Waals surface area contributed by atoms with Crippen LogP contribution < -0.4 is 5.73 Å². The zero-order valence-electron chi connectivity index (χ0n) is 10.8. The molecule has 2 aromatic heterocycles. The van der Waals surface area contributed by atoms with Gasteiger partial charge in [-0.1, -0.05) is 0 Å². The quantitative estimate of drug-likeness (QED) is 0.662. The van der Waals surface area contributed by atoms with Crippen LogP contribution in [0.5, 0.6) is 0 Å². The highest BCUT2D eigenvalue weighted by Crippen LogP contribution is 2.21. The summed E-state index contributed by atoms with van der Waals surface area (Å²) in [5.41, 5.74) is 6.31. The van der Waals surface area contributed by atoms with E-state index in [2.05, 4.69) is 15.0 Å². The fourth-order valence-corrected chi connectivity index (χ4v) is 1.77. The second-order valence-electron chi connectivity index (χ2n) is 4.29. The van der Waals surface area contributed by atoms with Gasteiger partial charge in [-0.2, -0.15) is 0 Å². The van der Waals surface area contributed by atoms with Crippen molar-refractivity contribution in [2.45, 2.75) is 25.4 Å². The number of aromatic nitrogens is 4. The van der Waals surface area contributed by atoms with Crippen LogP contribution in [0.2, 0.25) is 0 Å². The SMILES string of the molecule is C[C@H](O)[C@@H](CO)O[C@H](CF)n1cnc2c(N)ncnc21. The molecule has 4 N–H and O–H groups in total. The van der Waals surface area contributed by atoms with Crippen molar-refractivity contribution in [1.29, 1.82) is 0 Å². The summed E-state index contributed by atoms with van der Waals surface area (Å²) in [6, 6.07) is 0. The lowest BCUT2D eigenvalue weighted by atomic mass is 10.2. The predicted octanol–water partition coefficient (Wildman–Crippen LogP) is -0.365. The molecule has 0 amide bonds. The van der Waals surface area contributed by atoms with Gasteiger partial charge < -0.3 is 20.7 Å². The Morgan fingerprint density at radius 1 is 1.45 bits per heavy atom. The molecule has 3 atom stereocenters. The van der Waals surface area contributed by atoms with Gasteiger partial charge in [-0.25, -0.2) is 19.3 Å². The Morgan fingerprint density at radius 3 is 2.80 bits per heavy atom. The highest BCUT2D eigenvalue weighted by atomic mass is 19.1. The maximum Gasteiger partial charge on any atom is 0.167 e. The van der Waals surface area contributed by atoms with E-state index in [1.54, 1.807) is 0 Å². The van der Waals surface area contributed by atoms with Crippen molar-refractivity contribution in [2.24, 2.45) is 0 Å². The van der Waals surface area contributed by atoms with E-state index in [0.717, 1.165) is 0 Å². The van der Waals surface area contributed by atoms with Crippen LogP contribution in [-0.2, 0) is 4.74 Å². The number of imidazole rings is 1. The Balaban J connectivity index is 2.32. The molecular formula is C11H16FN5O3. The van der Waals surface area contributed by atoms with Crippen molar-refractivity contribution in [3.8, 4) is 0 Å². The summed E-state index contributed by atoms with van der Waals surface area (Å²) in [6.45, 7) is 0.138. The van der Waals surface area contributed by atoms with E-state index >= 15 is 0 Å². The molecule has 0 unspecified atom stereocenters. The number of alkyl halides is 1. The summed E-state index contributed by atoms with van der Waals surface area (Å²) < 4.78 is 19.9. The molecule has 2 heterocycles. The Hall–Kier alpha value is -1.84. The smallest absolute Gasteiger partial charge is 0.167 e. The van der Waals surface area contributed by atoms with Crippen LogP contribution in [0.1, 0.15) is 13.2 Å². The number of nitrogens with zero attached hydrogens (tertiary/aromatic N) is 4. The maximum absolute atomic E-state index is 13.2. The number of halogens is 1. The Morgan fingerprint density at radius 2 is 2.20 bits per heavy atom. The number of nitrogen functional groups attached to an aromatic ring is 1. The van der Waals surface area contributed by atoms with Crippen LogP contribution in [0.4, 0.5) is 10.2 Å². The molecule has 20 heavy (non-hydrogen) atoms. The minimum Gasteiger partial charge on any atom is -0.394 e. The summed E-state index contributed by atoms with van der Waals surface area (Å²) in [4.78, 5) is 11.8. The first kappa shape index (κ1) is 14.6. The van der Waals surface area contributed by atoms with Gasteiger partial charge in [0.1, 0.15) is 24.6 Å². The molecule has 0 bridgehead atoms.